The van der Waals surface area contributed by atoms with Gasteiger partial charge in [-0.2, -0.15) is 4.98 Å². The summed E-state index contributed by atoms with van der Waals surface area (Å²) >= 11 is 0. The number of aliphatic hydroxyl groups is 1. The van der Waals surface area contributed by atoms with E-state index in [-0.39, 0.29) is 11.8 Å². The average Bonchev–Trinajstić information content (AvgIpc) is 3.27. The SMILES string of the molecule is Cc1noc(CCCN2CCC([C@H](O)C(=O)NC3CC3)CC2)n1. The fraction of sp³-hybridized carbons (Fsp3) is 0.812. The normalized spacial score (nSPS) is 21.3. The number of hydrogen-bond donors (Lipinski definition) is 2. The number of hydrogen-bond acceptors (Lipinski definition) is 6. The van der Waals surface area contributed by atoms with Gasteiger partial charge < -0.3 is 19.8 Å². The van der Waals surface area contributed by atoms with Crippen LogP contribution in [0.4, 0.5) is 0 Å². The summed E-state index contributed by atoms with van der Waals surface area (Å²) < 4.78 is 5.11. The number of aliphatic hydroxyl groups excluding tert-OH is 1. The third kappa shape index (κ3) is 4.75. The van der Waals surface area contributed by atoms with E-state index in [4.69, 9.17) is 4.52 Å². The number of aryl methyl sites for hydroxylation is 2. The standard InChI is InChI=1S/C16H26N4O3/c1-11-17-14(23-19-11)3-2-8-20-9-6-12(7-10-20)15(21)16(22)18-13-4-5-13/h12-13,15,21H,2-10H2,1H3,(H,18,22)/t15-/m0/s1. The first-order valence-corrected chi connectivity index (χ1v) is 8.62. The van der Waals surface area contributed by atoms with Gasteiger partial charge in [-0.1, -0.05) is 5.16 Å². The molecule has 1 aliphatic carbocycles. The summed E-state index contributed by atoms with van der Waals surface area (Å²) in [4.78, 5) is 18.5. The minimum absolute atomic E-state index is 0.0867. The Morgan fingerprint density at radius 1 is 1.39 bits per heavy atom. The third-order valence-corrected chi connectivity index (χ3v) is 4.71. The number of carbonyl (C=O) groups is 1. The van der Waals surface area contributed by atoms with Gasteiger partial charge in [-0.25, -0.2) is 0 Å². The number of nitrogens with one attached hydrogen (secondary N) is 1. The fourth-order valence-electron chi connectivity index (χ4n) is 3.12. The Kier molecular flexibility index (Phi) is 5.27. The molecule has 1 aromatic rings. The molecule has 0 bridgehead atoms. The first-order valence-electron chi connectivity index (χ1n) is 8.62. The minimum atomic E-state index is -0.848. The van der Waals surface area contributed by atoms with Crippen LogP contribution >= 0.6 is 0 Å². The molecule has 2 heterocycles. The fourth-order valence-corrected chi connectivity index (χ4v) is 3.12. The molecule has 1 saturated heterocycles. The van der Waals surface area contributed by atoms with Crippen LogP contribution in [-0.4, -0.2) is 57.8 Å². The Balaban J connectivity index is 1.33. The lowest BCUT2D eigenvalue weighted by molar-refractivity contribution is -0.133. The van der Waals surface area contributed by atoms with E-state index in [1.165, 1.54) is 0 Å². The smallest absolute Gasteiger partial charge is 0.249 e. The summed E-state index contributed by atoms with van der Waals surface area (Å²) in [5, 5.41) is 16.9. The molecule has 0 radical (unpaired) electrons. The van der Waals surface area contributed by atoms with Crippen LogP contribution in [0.5, 0.6) is 0 Å². The second kappa shape index (κ2) is 7.40. The molecule has 0 aromatic carbocycles. The van der Waals surface area contributed by atoms with Gasteiger partial charge in [0.05, 0.1) is 0 Å². The van der Waals surface area contributed by atoms with Crippen LogP contribution in [0, 0.1) is 12.8 Å². The van der Waals surface area contributed by atoms with E-state index in [2.05, 4.69) is 20.4 Å². The predicted octanol–water partition coefficient (Wildman–Crippen LogP) is 0.662. The number of aromatic nitrogens is 2. The second-order valence-electron chi connectivity index (χ2n) is 6.75. The van der Waals surface area contributed by atoms with Crippen molar-refractivity contribution in [2.45, 2.75) is 57.6 Å². The molecule has 1 saturated carbocycles. The number of rotatable bonds is 7. The van der Waals surface area contributed by atoms with Crippen molar-refractivity contribution < 1.29 is 14.4 Å². The molecular weight excluding hydrogens is 296 g/mol. The molecule has 128 valence electrons. The van der Waals surface area contributed by atoms with E-state index in [1.807, 2.05) is 6.92 Å². The highest BCUT2D eigenvalue weighted by Gasteiger charge is 2.32. The van der Waals surface area contributed by atoms with E-state index >= 15 is 0 Å². The number of carbonyl (C=O) groups excluding carboxylic acids is 1. The van der Waals surface area contributed by atoms with Crippen molar-refractivity contribution in [1.82, 2.24) is 20.4 Å². The zero-order chi connectivity index (χ0) is 16.2. The first-order chi connectivity index (χ1) is 11.1. The van der Waals surface area contributed by atoms with Gasteiger partial charge in [0.15, 0.2) is 5.82 Å². The van der Waals surface area contributed by atoms with Crippen LogP contribution in [-0.2, 0) is 11.2 Å². The molecule has 2 N–H and O–H groups in total. The molecule has 1 aliphatic heterocycles. The molecule has 2 aliphatic rings. The predicted molar refractivity (Wildman–Crippen MR) is 83.7 cm³/mol. The summed E-state index contributed by atoms with van der Waals surface area (Å²) in [6.07, 6.45) is 4.79. The van der Waals surface area contributed by atoms with E-state index in [1.54, 1.807) is 0 Å². The van der Waals surface area contributed by atoms with Gasteiger partial charge in [0.25, 0.3) is 0 Å². The molecule has 23 heavy (non-hydrogen) atoms. The van der Waals surface area contributed by atoms with Gasteiger partial charge in [-0.05, 0) is 64.6 Å². The Morgan fingerprint density at radius 2 is 2.13 bits per heavy atom. The van der Waals surface area contributed by atoms with Crippen LogP contribution in [0.1, 0.15) is 43.8 Å². The molecule has 1 amide bonds. The van der Waals surface area contributed by atoms with Gasteiger partial charge in [-0.3, -0.25) is 4.79 Å². The van der Waals surface area contributed by atoms with Gasteiger partial charge in [0.2, 0.25) is 11.8 Å². The summed E-state index contributed by atoms with van der Waals surface area (Å²) in [6.45, 7) is 4.67. The monoisotopic (exact) mass is 322 g/mol. The average molecular weight is 322 g/mol. The number of amides is 1. The molecule has 0 unspecified atom stereocenters. The van der Waals surface area contributed by atoms with Crippen molar-refractivity contribution in [3.05, 3.63) is 11.7 Å². The zero-order valence-electron chi connectivity index (χ0n) is 13.7. The van der Waals surface area contributed by atoms with Gasteiger partial charge in [0.1, 0.15) is 6.10 Å². The van der Waals surface area contributed by atoms with Crippen LogP contribution in [0.3, 0.4) is 0 Å². The summed E-state index contributed by atoms with van der Waals surface area (Å²) in [6, 6.07) is 0.311. The number of piperidine rings is 1. The van der Waals surface area contributed by atoms with E-state index < -0.39 is 6.10 Å². The van der Waals surface area contributed by atoms with Crippen molar-refractivity contribution in [1.29, 1.82) is 0 Å². The lowest BCUT2D eigenvalue weighted by Gasteiger charge is -2.33. The Labute approximate surface area is 136 Å². The van der Waals surface area contributed by atoms with Crippen LogP contribution in [0.15, 0.2) is 4.52 Å². The molecule has 7 nitrogen and oxygen atoms in total. The first kappa shape index (κ1) is 16.4. The molecule has 1 atom stereocenters. The highest BCUT2D eigenvalue weighted by Crippen LogP contribution is 2.23. The van der Waals surface area contributed by atoms with Gasteiger partial charge in [-0.15, -0.1) is 0 Å². The number of nitrogens with zero attached hydrogens (tertiary/aromatic N) is 3. The molecular formula is C16H26N4O3. The topological polar surface area (TPSA) is 91.5 Å². The van der Waals surface area contributed by atoms with Gasteiger partial charge >= 0.3 is 0 Å². The Hall–Kier alpha value is -1.47. The highest BCUT2D eigenvalue weighted by molar-refractivity contribution is 5.81. The maximum absolute atomic E-state index is 11.9. The Morgan fingerprint density at radius 3 is 2.74 bits per heavy atom. The number of likely N-dealkylation sites (tertiary alicyclic amines) is 1. The van der Waals surface area contributed by atoms with Crippen molar-refractivity contribution in [3.63, 3.8) is 0 Å². The van der Waals surface area contributed by atoms with Crippen LogP contribution in [0.25, 0.3) is 0 Å². The Bertz CT molecular complexity index is 521. The highest BCUT2D eigenvalue weighted by atomic mass is 16.5. The molecule has 1 aromatic heterocycles. The van der Waals surface area contributed by atoms with Crippen LogP contribution < -0.4 is 5.32 Å². The maximum Gasteiger partial charge on any atom is 0.249 e. The molecule has 2 fully saturated rings. The van der Waals surface area contributed by atoms with E-state index in [9.17, 15) is 9.90 Å². The van der Waals surface area contributed by atoms with E-state index in [0.717, 1.165) is 58.2 Å². The quantitative estimate of drug-likeness (QED) is 0.766. The zero-order valence-corrected chi connectivity index (χ0v) is 13.7. The molecule has 3 rings (SSSR count). The lowest BCUT2D eigenvalue weighted by Crippen LogP contribution is -2.45. The van der Waals surface area contributed by atoms with Crippen molar-refractivity contribution in [2.24, 2.45) is 5.92 Å². The van der Waals surface area contributed by atoms with Crippen molar-refractivity contribution in [3.8, 4) is 0 Å². The minimum Gasteiger partial charge on any atom is -0.383 e. The molecule has 7 heteroatoms. The van der Waals surface area contributed by atoms with Crippen molar-refractivity contribution in [2.75, 3.05) is 19.6 Å². The second-order valence-corrected chi connectivity index (χ2v) is 6.75. The molecule has 0 spiro atoms. The summed E-state index contributed by atoms with van der Waals surface area (Å²) in [7, 11) is 0. The van der Waals surface area contributed by atoms with Crippen LogP contribution in [0.2, 0.25) is 0 Å². The largest absolute Gasteiger partial charge is 0.383 e. The van der Waals surface area contributed by atoms with E-state index in [0.29, 0.717) is 17.8 Å². The lowest BCUT2D eigenvalue weighted by atomic mass is 9.90. The third-order valence-electron chi connectivity index (χ3n) is 4.71. The summed E-state index contributed by atoms with van der Waals surface area (Å²) in [5.74, 6) is 1.28. The summed E-state index contributed by atoms with van der Waals surface area (Å²) in [5.41, 5.74) is 0. The maximum atomic E-state index is 11.9. The van der Waals surface area contributed by atoms with Crippen molar-refractivity contribution >= 4 is 5.91 Å². The van der Waals surface area contributed by atoms with Gasteiger partial charge in [0, 0.05) is 12.5 Å².